The van der Waals surface area contributed by atoms with Gasteiger partial charge in [0.1, 0.15) is 0 Å². The number of aryl methyl sites for hydroxylation is 2. The first-order chi connectivity index (χ1) is 23.5. The molecule has 0 fully saturated rings. The third-order valence-corrected chi connectivity index (χ3v) is 9.04. The summed E-state index contributed by atoms with van der Waals surface area (Å²) in [6.45, 7) is 0. The number of imidazole rings is 1. The van der Waals surface area contributed by atoms with E-state index < -0.39 is 0 Å². The molecular formula is C43H32N4O. The van der Waals surface area contributed by atoms with Crippen LogP contribution in [0.25, 0.3) is 78.3 Å². The second kappa shape index (κ2) is 12.1. The van der Waals surface area contributed by atoms with Gasteiger partial charge in [0.05, 0.1) is 22.4 Å². The fourth-order valence-corrected chi connectivity index (χ4v) is 6.51. The van der Waals surface area contributed by atoms with Crippen LogP contribution in [0.3, 0.4) is 0 Å². The van der Waals surface area contributed by atoms with Gasteiger partial charge in [0.25, 0.3) is 0 Å². The van der Waals surface area contributed by atoms with Gasteiger partial charge in [-0.15, -0.1) is 0 Å². The minimum atomic E-state index is -0.0392. The van der Waals surface area contributed by atoms with Gasteiger partial charge in [-0.3, -0.25) is 9.13 Å². The Kier molecular flexibility index (Phi) is 7.35. The Labute approximate surface area is 279 Å². The number of nitrogens with zero attached hydrogens (tertiary/aromatic N) is 4. The zero-order valence-electron chi connectivity index (χ0n) is 26.7. The molecule has 0 spiro atoms. The lowest BCUT2D eigenvalue weighted by atomic mass is 9.98. The van der Waals surface area contributed by atoms with Crippen LogP contribution in [-0.2, 0) is 14.1 Å². The standard InChI is InChI=1S/C43H32N4O/c1-46-40-19-11-18-36(41(40)47(2)43(46)48)32-22-26-34(27-23-32)39-28-38(33-24-20-30(21-25-33)29-12-5-3-6-13-29)44-42(45-39)37-17-10-9-16-35(37)31-14-7-4-8-15-31/h3-28H,1-2H3. The van der Waals surface area contributed by atoms with Crippen molar-refractivity contribution in [1.82, 2.24) is 19.1 Å². The van der Waals surface area contributed by atoms with Crippen molar-refractivity contribution >= 4 is 11.0 Å². The molecule has 8 rings (SSSR count). The summed E-state index contributed by atoms with van der Waals surface area (Å²) < 4.78 is 3.41. The molecule has 0 N–H and O–H groups in total. The molecule has 8 aromatic rings. The minimum absolute atomic E-state index is 0.0392. The first-order valence-electron chi connectivity index (χ1n) is 16.0. The third kappa shape index (κ3) is 5.21. The van der Waals surface area contributed by atoms with E-state index in [1.807, 2.05) is 44.4 Å². The second-order valence-electron chi connectivity index (χ2n) is 12.0. The molecule has 0 aliphatic carbocycles. The molecule has 48 heavy (non-hydrogen) atoms. The van der Waals surface area contributed by atoms with Crippen LogP contribution in [0.2, 0.25) is 0 Å². The maximum Gasteiger partial charge on any atom is 0.328 e. The number of rotatable bonds is 6. The molecule has 0 aliphatic heterocycles. The molecule has 0 bridgehead atoms. The molecule has 0 saturated heterocycles. The van der Waals surface area contributed by atoms with Crippen LogP contribution in [0, 0.1) is 0 Å². The van der Waals surface area contributed by atoms with E-state index >= 15 is 0 Å². The highest BCUT2D eigenvalue weighted by molar-refractivity contribution is 5.93. The molecular weight excluding hydrogens is 589 g/mol. The molecule has 230 valence electrons. The summed E-state index contributed by atoms with van der Waals surface area (Å²) in [6, 6.07) is 54.2. The molecule has 0 saturated carbocycles. The Hall–Kier alpha value is -6.33. The van der Waals surface area contributed by atoms with Gasteiger partial charge in [0, 0.05) is 36.3 Å². The lowest BCUT2D eigenvalue weighted by molar-refractivity contribution is 0.795. The molecule has 6 aromatic carbocycles. The van der Waals surface area contributed by atoms with Crippen molar-refractivity contribution in [3.8, 4) is 67.3 Å². The quantitative estimate of drug-likeness (QED) is 0.186. The molecule has 2 heterocycles. The lowest BCUT2D eigenvalue weighted by Crippen LogP contribution is -2.19. The summed E-state index contributed by atoms with van der Waals surface area (Å²) in [4.78, 5) is 23.1. The maximum atomic E-state index is 12.7. The van der Waals surface area contributed by atoms with Gasteiger partial charge in [0.2, 0.25) is 0 Å². The van der Waals surface area contributed by atoms with E-state index in [1.165, 1.54) is 5.56 Å². The van der Waals surface area contributed by atoms with Crippen LogP contribution in [0.15, 0.2) is 163 Å². The van der Waals surface area contributed by atoms with E-state index in [4.69, 9.17) is 9.97 Å². The molecule has 0 amide bonds. The van der Waals surface area contributed by atoms with Crippen LogP contribution >= 0.6 is 0 Å². The van der Waals surface area contributed by atoms with E-state index in [0.29, 0.717) is 5.82 Å². The molecule has 5 nitrogen and oxygen atoms in total. The van der Waals surface area contributed by atoms with Crippen molar-refractivity contribution < 1.29 is 0 Å². The highest BCUT2D eigenvalue weighted by Gasteiger charge is 2.16. The van der Waals surface area contributed by atoms with Crippen LogP contribution in [0.5, 0.6) is 0 Å². The van der Waals surface area contributed by atoms with Crippen LogP contribution in [0.4, 0.5) is 0 Å². The van der Waals surface area contributed by atoms with Gasteiger partial charge < -0.3 is 0 Å². The van der Waals surface area contributed by atoms with Crippen LogP contribution in [0.1, 0.15) is 0 Å². The molecule has 2 aromatic heterocycles. The lowest BCUT2D eigenvalue weighted by Gasteiger charge is -2.13. The summed E-state index contributed by atoms with van der Waals surface area (Å²) in [6.07, 6.45) is 0. The monoisotopic (exact) mass is 620 g/mol. The second-order valence-corrected chi connectivity index (χ2v) is 12.0. The van der Waals surface area contributed by atoms with Gasteiger partial charge in [-0.1, -0.05) is 146 Å². The SMILES string of the molecule is Cn1c(=O)n(C)c2c(-c3ccc(-c4cc(-c5ccc(-c6ccccc6)cc5)nc(-c5ccccc5-c5ccccc5)n4)cc3)cccc21. The summed E-state index contributed by atoms with van der Waals surface area (Å²) in [5.41, 5.74) is 13.0. The average molecular weight is 621 g/mol. The van der Waals surface area contributed by atoms with Crippen molar-refractivity contribution in [2.24, 2.45) is 14.1 Å². The van der Waals surface area contributed by atoms with Crippen molar-refractivity contribution in [2.45, 2.75) is 0 Å². The number of hydrogen-bond acceptors (Lipinski definition) is 3. The Bertz CT molecular complexity index is 2460. The summed E-state index contributed by atoms with van der Waals surface area (Å²) >= 11 is 0. The molecule has 5 heteroatoms. The minimum Gasteiger partial charge on any atom is -0.295 e. The largest absolute Gasteiger partial charge is 0.328 e. The molecule has 0 atom stereocenters. The zero-order valence-corrected chi connectivity index (χ0v) is 26.7. The van der Waals surface area contributed by atoms with E-state index in [9.17, 15) is 4.79 Å². The number of para-hydroxylation sites is 1. The average Bonchev–Trinajstić information content (AvgIpc) is 3.39. The van der Waals surface area contributed by atoms with Crippen molar-refractivity contribution in [3.63, 3.8) is 0 Å². The molecule has 0 aliphatic rings. The van der Waals surface area contributed by atoms with Crippen molar-refractivity contribution in [2.75, 3.05) is 0 Å². The predicted molar refractivity (Wildman–Crippen MR) is 196 cm³/mol. The number of aromatic nitrogens is 4. The predicted octanol–water partition coefficient (Wildman–Crippen LogP) is 9.67. The normalized spacial score (nSPS) is 11.2. The van der Waals surface area contributed by atoms with Gasteiger partial charge in [-0.2, -0.15) is 0 Å². The van der Waals surface area contributed by atoms with E-state index in [1.54, 1.807) is 9.13 Å². The first-order valence-corrected chi connectivity index (χ1v) is 16.0. The van der Waals surface area contributed by atoms with Gasteiger partial charge >= 0.3 is 5.69 Å². The van der Waals surface area contributed by atoms with Crippen LogP contribution < -0.4 is 5.69 Å². The molecule has 0 unspecified atom stereocenters. The van der Waals surface area contributed by atoms with E-state index in [0.717, 1.165) is 66.9 Å². The number of hydrogen-bond donors (Lipinski definition) is 0. The van der Waals surface area contributed by atoms with Crippen molar-refractivity contribution in [1.29, 1.82) is 0 Å². The van der Waals surface area contributed by atoms with Crippen molar-refractivity contribution in [3.05, 3.63) is 168 Å². The van der Waals surface area contributed by atoms with Gasteiger partial charge in [-0.05, 0) is 39.9 Å². The Morgan fingerprint density at radius 1 is 0.417 bits per heavy atom. The number of fused-ring (bicyclic) bond motifs is 1. The molecule has 0 radical (unpaired) electrons. The summed E-state index contributed by atoms with van der Waals surface area (Å²) in [5.74, 6) is 0.669. The Balaban J connectivity index is 1.25. The van der Waals surface area contributed by atoms with Gasteiger partial charge in [0.15, 0.2) is 5.82 Å². The van der Waals surface area contributed by atoms with Crippen LogP contribution in [-0.4, -0.2) is 19.1 Å². The zero-order chi connectivity index (χ0) is 32.6. The Morgan fingerprint density at radius 2 is 0.875 bits per heavy atom. The summed E-state index contributed by atoms with van der Waals surface area (Å²) in [5, 5.41) is 0. The fourth-order valence-electron chi connectivity index (χ4n) is 6.51. The highest BCUT2D eigenvalue weighted by atomic mass is 16.1. The van der Waals surface area contributed by atoms with E-state index in [-0.39, 0.29) is 5.69 Å². The fraction of sp³-hybridized carbons (Fsp3) is 0.0465. The smallest absolute Gasteiger partial charge is 0.295 e. The number of benzene rings is 6. The first kappa shape index (κ1) is 29.1. The van der Waals surface area contributed by atoms with Gasteiger partial charge in [-0.25, -0.2) is 14.8 Å². The Morgan fingerprint density at radius 3 is 1.50 bits per heavy atom. The highest BCUT2D eigenvalue weighted by Crippen LogP contribution is 2.35. The van der Waals surface area contributed by atoms with E-state index in [2.05, 4.69) is 127 Å². The summed E-state index contributed by atoms with van der Waals surface area (Å²) in [7, 11) is 3.64. The topological polar surface area (TPSA) is 52.7 Å². The third-order valence-electron chi connectivity index (χ3n) is 9.04. The maximum absolute atomic E-state index is 12.7.